The molecule has 1 saturated carbocycles. The Labute approximate surface area is 237 Å². The summed E-state index contributed by atoms with van der Waals surface area (Å²) in [5.74, 6) is 1.04. The number of anilines is 2. The number of carbonyl (C=O) groups excluding carboxylic acids is 2. The molecule has 4 N–H and O–H groups in total. The molecule has 0 unspecified atom stereocenters. The molecule has 11 nitrogen and oxygen atoms in total. The molecule has 212 valence electrons. The van der Waals surface area contributed by atoms with E-state index in [2.05, 4.69) is 25.8 Å². The van der Waals surface area contributed by atoms with Crippen molar-refractivity contribution in [3.63, 3.8) is 0 Å². The smallest absolute Gasteiger partial charge is 0.251 e. The zero-order valence-electron chi connectivity index (χ0n) is 23.3. The second-order valence-corrected chi connectivity index (χ2v) is 10.5. The van der Waals surface area contributed by atoms with Crippen LogP contribution in [0, 0.1) is 0 Å². The highest BCUT2D eigenvalue weighted by Gasteiger charge is 2.26. The number of methoxy groups -OCH3 is 1. The molecule has 3 heterocycles. The number of H-pyrrole nitrogens is 1. The highest BCUT2D eigenvalue weighted by Crippen LogP contribution is 2.38. The number of nitrogens with one attached hydrogen (secondary N) is 4. The van der Waals surface area contributed by atoms with Crippen LogP contribution in [0.4, 0.5) is 11.6 Å². The maximum Gasteiger partial charge on any atom is 0.251 e. The van der Waals surface area contributed by atoms with Crippen LogP contribution in [0.25, 0.3) is 22.2 Å². The molecular formula is C30H33N7O4. The van der Waals surface area contributed by atoms with Crippen molar-refractivity contribution >= 4 is 34.5 Å². The number of nitrogens with zero attached hydrogens (tertiary/aromatic N) is 3. The van der Waals surface area contributed by atoms with Crippen molar-refractivity contribution in [3.8, 4) is 22.8 Å². The Bertz CT molecular complexity index is 1590. The molecule has 0 bridgehead atoms. The summed E-state index contributed by atoms with van der Waals surface area (Å²) in [7, 11) is 5.19. The van der Waals surface area contributed by atoms with Gasteiger partial charge in [-0.25, -0.2) is 0 Å². The van der Waals surface area contributed by atoms with E-state index in [4.69, 9.17) is 19.4 Å². The maximum absolute atomic E-state index is 12.7. The Balaban J connectivity index is 1.30. The molecule has 2 fully saturated rings. The van der Waals surface area contributed by atoms with E-state index < -0.39 is 0 Å². The Morgan fingerprint density at radius 1 is 1.02 bits per heavy atom. The molecule has 2 aromatic heterocycles. The summed E-state index contributed by atoms with van der Waals surface area (Å²) >= 11 is 0. The first-order valence-electron chi connectivity index (χ1n) is 13.7. The van der Waals surface area contributed by atoms with Gasteiger partial charge in [-0.15, -0.1) is 0 Å². The van der Waals surface area contributed by atoms with E-state index >= 15 is 0 Å². The summed E-state index contributed by atoms with van der Waals surface area (Å²) in [4.78, 5) is 39.6. The van der Waals surface area contributed by atoms with Gasteiger partial charge in [-0.05, 0) is 62.2 Å². The molecular weight excluding hydrogens is 522 g/mol. The summed E-state index contributed by atoms with van der Waals surface area (Å²) in [5.41, 5.74) is 4.13. The van der Waals surface area contributed by atoms with Gasteiger partial charge in [0.1, 0.15) is 17.5 Å². The minimum absolute atomic E-state index is 0.0992. The fraction of sp³-hybridized carbons (Fsp3) is 0.333. The van der Waals surface area contributed by atoms with Gasteiger partial charge in [0.2, 0.25) is 11.8 Å². The van der Waals surface area contributed by atoms with Crippen molar-refractivity contribution < 1.29 is 19.1 Å². The lowest BCUT2D eigenvalue weighted by molar-refractivity contribution is 0.0857. The second kappa shape index (κ2) is 11.1. The first kappa shape index (κ1) is 26.6. The zero-order chi connectivity index (χ0) is 28.5. The first-order chi connectivity index (χ1) is 19.9. The molecule has 1 saturated heterocycles. The number of amides is 2. The Hall–Kier alpha value is -4.64. The van der Waals surface area contributed by atoms with E-state index in [-0.39, 0.29) is 24.0 Å². The lowest BCUT2D eigenvalue weighted by Crippen LogP contribution is -2.57. The van der Waals surface area contributed by atoms with Gasteiger partial charge in [0.05, 0.1) is 24.2 Å². The van der Waals surface area contributed by atoms with Gasteiger partial charge in [-0.3, -0.25) is 9.59 Å². The van der Waals surface area contributed by atoms with Crippen LogP contribution in [0.2, 0.25) is 0 Å². The number of hydrogen-bond donors (Lipinski definition) is 4. The molecule has 41 heavy (non-hydrogen) atoms. The van der Waals surface area contributed by atoms with Gasteiger partial charge in [-0.1, -0.05) is 12.1 Å². The Kier molecular flexibility index (Phi) is 7.19. The van der Waals surface area contributed by atoms with Crippen LogP contribution < -0.4 is 25.4 Å². The standard InChI is InChI=1S/C30H33N7O4/c1-31-27(38)18-9-7-17(8-10-18)22-14-32-26-25(22)29(41-21-5-4-6-21)36-30(35-26)34-23-12-11-19(13-24(23)40-3)28(39)33-20-15-37(2)16-20/h7-14,20-21H,4-6,15-16H2,1-3H3,(H,31,38)(H,33,39)(H2,32,34,35,36). The summed E-state index contributed by atoms with van der Waals surface area (Å²) in [5, 5.41) is 9.71. The van der Waals surface area contributed by atoms with E-state index in [0.29, 0.717) is 40.0 Å². The molecule has 4 aromatic rings. The molecule has 0 spiro atoms. The van der Waals surface area contributed by atoms with Gasteiger partial charge in [0, 0.05) is 43.0 Å². The number of benzene rings is 2. The van der Waals surface area contributed by atoms with Crippen molar-refractivity contribution in [2.75, 3.05) is 39.6 Å². The number of ether oxygens (including phenoxy) is 2. The number of aromatic amines is 1. The summed E-state index contributed by atoms with van der Waals surface area (Å²) in [6, 6.07) is 12.8. The zero-order valence-corrected chi connectivity index (χ0v) is 23.3. The topological polar surface area (TPSA) is 134 Å². The minimum atomic E-state index is -0.140. The maximum atomic E-state index is 12.7. The van der Waals surface area contributed by atoms with Crippen molar-refractivity contribution in [1.29, 1.82) is 0 Å². The molecule has 11 heteroatoms. The van der Waals surface area contributed by atoms with Gasteiger partial charge in [-0.2, -0.15) is 9.97 Å². The number of hydrogen-bond acceptors (Lipinski definition) is 8. The molecule has 6 rings (SSSR count). The van der Waals surface area contributed by atoms with Crippen LogP contribution in [0.3, 0.4) is 0 Å². The second-order valence-electron chi connectivity index (χ2n) is 10.5. The fourth-order valence-electron chi connectivity index (χ4n) is 5.08. The predicted molar refractivity (Wildman–Crippen MR) is 156 cm³/mol. The highest BCUT2D eigenvalue weighted by molar-refractivity contribution is 5.99. The van der Waals surface area contributed by atoms with E-state index in [1.165, 1.54) is 0 Å². The lowest BCUT2D eigenvalue weighted by atomic mass is 9.96. The first-order valence-corrected chi connectivity index (χ1v) is 13.7. The SMILES string of the molecule is CNC(=O)c1ccc(-c2c[nH]c3nc(Nc4ccc(C(=O)NC5CN(C)C5)cc4OC)nc(OC4CCC4)c23)cc1. The number of carbonyl (C=O) groups is 2. The van der Waals surface area contributed by atoms with Crippen LogP contribution in [-0.2, 0) is 0 Å². The Morgan fingerprint density at radius 2 is 1.78 bits per heavy atom. The average molecular weight is 556 g/mol. The van der Waals surface area contributed by atoms with Crippen LogP contribution in [0.1, 0.15) is 40.0 Å². The summed E-state index contributed by atoms with van der Waals surface area (Å²) in [6.07, 6.45) is 5.05. The van der Waals surface area contributed by atoms with Crippen molar-refractivity contribution in [1.82, 2.24) is 30.5 Å². The number of likely N-dealkylation sites (N-methyl/N-ethyl adjacent to an activating group) is 1. The average Bonchev–Trinajstić information content (AvgIpc) is 3.38. The number of aromatic nitrogens is 3. The normalized spacial score (nSPS) is 15.6. The van der Waals surface area contributed by atoms with Crippen molar-refractivity contribution in [3.05, 3.63) is 59.8 Å². The van der Waals surface area contributed by atoms with Gasteiger partial charge in [0.25, 0.3) is 11.8 Å². The molecule has 0 radical (unpaired) electrons. The molecule has 2 amide bonds. The summed E-state index contributed by atoms with van der Waals surface area (Å²) in [6.45, 7) is 1.69. The van der Waals surface area contributed by atoms with Gasteiger partial charge in [0.15, 0.2) is 0 Å². The monoisotopic (exact) mass is 555 g/mol. The van der Waals surface area contributed by atoms with Crippen LogP contribution in [0.5, 0.6) is 11.6 Å². The molecule has 1 aliphatic carbocycles. The van der Waals surface area contributed by atoms with Crippen LogP contribution in [0.15, 0.2) is 48.7 Å². The third kappa shape index (κ3) is 5.40. The molecule has 2 aromatic carbocycles. The van der Waals surface area contributed by atoms with E-state index in [0.717, 1.165) is 48.9 Å². The van der Waals surface area contributed by atoms with E-state index in [9.17, 15) is 9.59 Å². The molecule has 1 aliphatic heterocycles. The van der Waals surface area contributed by atoms with E-state index in [1.54, 1.807) is 44.5 Å². The number of likely N-dealkylation sites (tertiary alicyclic amines) is 1. The molecule has 0 atom stereocenters. The van der Waals surface area contributed by atoms with Crippen LogP contribution in [-0.4, -0.2) is 78.1 Å². The third-order valence-corrected chi connectivity index (χ3v) is 7.62. The van der Waals surface area contributed by atoms with Gasteiger partial charge < -0.3 is 35.3 Å². The number of rotatable bonds is 9. The highest BCUT2D eigenvalue weighted by atomic mass is 16.5. The van der Waals surface area contributed by atoms with Crippen molar-refractivity contribution in [2.24, 2.45) is 0 Å². The van der Waals surface area contributed by atoms with Gasteiger partial charge >= 0.3 is 0 Å². The lowest BCUT2D eigenvalue weighted by Gasteiger charge is -2.36. The number of fused-ring (bicyclic) bond motifs is 1. The van der Waals surface area contributed by atoms with E-state index in [1.807, 2.05) is 25.4 Å². The largest absolute Gasteiger partial charge is 0.495 e. The summed E-state index contributed by atoms with van der Waals surface area (Å²) < 4.78 is 11.9. The third-order valence-electron chi connectivity index (χ3n) is 7.62. The Morgan fingerprint density at radius 3 is 2.44 bits per heavy atom. The molecule has 2 aliphatic rings. The van der Waals surface area contributed by atoms with Crippen molar-refractivity contribution in [2.45, 2.75) is 31.4 Å². The predicted octanol–water partition coefficient (Wildman–Crippen LogP) is 3.71. The van der Waals surface area contributed by atoms with Crippen LogP contribution >= 0.6 is 0 Å². The minimum Gasteiger partial charge on any atom is -0.495 e. The quantitative estimate of drug-likeness (QED) is 0.246. The fourth-order valence-corrected chi connectivity index (χ4v) is 5.08.